The molecule has 3 rings (SSSR count). The smallest absolute Gasteiger partial charge is 0.0737 e. The molecule has 0 aromatic heterocycles. The van der Waals surface area contributed by atoms with Crippen molar-refractivity contribution in [1.82, 2.24) is 0 Å². The van der Waals surface area contributed by atoms with E-state index in [2.05, 4.69) is 34.1 Å². The van der Waals surface area contributed by atoms with Gasteiger partial charge in [-0.25, -0.2) is 0 Å². The molecule has 110 valence electrons. The zero-order valence-corrected chi connectivity index (χ0v) is 15.2. The Balaban J connectivity index is 1.49. The van der Waals surface area contributed by atoms with E-state index in [1.54, 1.807) is 0 Å². The first-order valence-electron chi connectivity index (χ1n) is 8.20. The van der Waals surface area contributed by atoms with Crippen LogP contribution >= 0.6 is 39.7 Å². The fraction of sp³-hybridized carbons (Fsp3) is 1.00. The maximum Gasteiger partial charge on any atom is 0.0737 e. The van der Waals surface area contributed by atoms with Gasteiger partial charge in [0, 0.05) is 15.7 Å². The van der Waals surface area contributed by atoms with Gasteiger partial charge in [0.2, 0.25) is 0 Å². The van der Waals surface area contributed by atoms with Gasteiger partial charge in [0.1, 0.15) is 0 Å². The molecule has 0 spiro atoms. The van der Waals surface area contributed by atoms with Gasteiger partial charge in [-0.15, -0.1) is 34.1 Å². The highest BCUT2D eigenvalue weighted by Crippen LogP contribution is 2.76. The predicted octanol–water partition coefficient (Wildman–Crippen LogP) is 7.24. The molecule has 0 N–H and O–H groups in total. The minimum Gasteiger partial charge on any atom is -0.109 e. The van der Waals surface area contributed by atoms with Crippen LogP contribution in [0.15, 0.2) is 0 Å². The summed E-state index contributed by atoms with van der Waals surface area (Å²) < 4.78 is 0. The van der Waals surface area contributed by atoms with E-state index < -0.39 is 0 Å². The highest BCUT2D eigenvalue weighted by molar-refractivity contribution is 9.12. The minimum absolute atomic E-state index is 0.156. The summed E-state index contributed by atoms with van der Waals surface area (Å²) in [6.07, 6.45) is 18.1. The molecule has 0 amide bonds. The summed E-state index contributed by atoms with van der Waals surface area (Å²) >= 11 is 7.25. The van der Waals surface area contributed by atoms with E-state index in [0.717, 1.165) is 15.7 Å². The lowest BCUT2D eigenvalue weighted by Crippen LogP contribution is -1.97. The fourth-order valence-electron chi connectivity index (χ4n) is 3.42. The van der Waals surface area contributed by atoms with Gasteiger partial charge in [0.05, 0.1) is 5.53 Å². The second-order valence-corrected chi connectivity index (χ2v) is 16.6. The predicted molar refractivity (Wildman–Crippen MR) is 96.5 cm³/mol. The first-order chi connectivity index (χ1) is 9.40. The molecule has 0 saturated heterocycles. The normalized spacial score (nSPS) is 27.0. The van der Waals surface area contributed by atoms with E-state index in [9.17, 15) is 0 Å². The highest BCUT2D eigenvalue weighted by atomic mass is 33.4. The summed E-state index contributed by atoms with van der Waals surface area (Å²) in [5.41, 5.74) is 0.156. The molecule has 0 aromatic rings. The van der Waals surface area contributed by atoms with Crippen LogP contribution in [0.4, 0.5) is 0 Å². The van der Waals surface area contributed by atoms with Crippen LogP contribution in [0.2, 0.25) is 0 Å². The Labute approximate surface area is 132 Å². The molecular formula is C15H27PS3. The second-order valence-electron chi connectivity index (χ2n) is 6.26. The monoisotopic (exact) mass is 334 g/mol. The van der Waals surface area contributed by atoms with Crippen molar-refractivity contribution in [3.63, 3.8) is 0 Å². The van der Waals surface area contributed by atoms with Gasteiger partial charge in [-0.2, -0.15) is 0 Å². The first kappa shape index (κ1) is 15.4. The van der Waals surface area contributed by atoms with Crippen LogP contribution in [-0.4, -0.2) is 15.7 Å². The largest absolute Gasteiger partial charge is 0.109 e. The molecule has 3 aliphatic rings. The molecule has 4 heteroatoms. The van der Waals surface area contributed by atoms with Crippen LogP contribution in [0, 0.1) is 0 Å². The van der Waals surface area contributed by atoms with Crippen molar-refractivity contribution < 1.29 is 0 Å². The molecule has 0 aromatic carbocycles. The highest BCUT2D eigenvalue weighted by Gasteiger charge is 2.29. The van der Waals surface area contributed by atoms with Crippen molar-refractivity contribution in [3.8, 4) is 0 Å². The third-order valence-corrected chi connectivity index (χ3v) is 16.3. The summed E-state index contributed by atoms with van der Waals surface area (Å²) in [5.74, 6) is 0. The minimum atomic E-state index is 0.156. The molecule has 19 heavy (non-hydrogen) atoms. The van der Waals surface area contributed by atoms with Crippen molar-refractivity contribution in [3.05, 3.63) is 0 Å². The molecule has 0 bridgehead atoms. The molecule has 0 atom stereocenters. The first-order valence-corrected chi connectivity index (χ1v) is 14.0. The third-order valence-electron chi connectivity index (χ3n) is 4.61. The quantitative estimate of drug-likeness (QED) is 0.470. The summed E-state index contributed by atoms with van der Waals surface area (Å²) in [6.45, 7) is 0. The average Bonchev–Trinajstić information content (AvgIpc) is 3.10. The van der Waals surface area contributed by atoms with Crippen LogP contribution < -0.4 is 0 Å². The number of rotatable bonds is 6. The van der Waals surface area contributed by atoms with Gasteiger partial charge in [-0.1, -0.05) is 38.5 Å². The lowest BCUT2D eigenvalue weighted by atomic mass is 10.4. The summed E-state index contributed by atoms with van der Waals surface area (Å²) in [7, 11) is 0. The summed E-state index contributed by atoms with van der Waals surface area (Å²) in [6, 6.07) is 0. The van der Waals surface area contributed by atoms with Crippen LogP contribution in [0.5, 0.6) is 0 Å². The molecule has 3 aliphatic carbocycles. The molecule has 3 saturated carbocycles. The van der Waals surface area contributed by atoms with Gasteiger partial charge in [-0.05, 0) is 38.5 Å². The van der Waals surface area contributed by atoms with Crippen LogP contribution in [0.1, 0.15) is 77.0 Å². The van der Waals surface area contributed by atoms with Crippen LogP contribution in [0.3, 0.4) is 0 Å². The topological polar surface area (TPSA) is 0 Å². The number of hydrogen-bond donors (Lipinski definition) is 0. The van der Waals surface area contributed by atoms with E-state index in [4.69, 9.17) is 0 Å². The summed E-state index contributed by atoms with van der Waals surface area (Å²) in [4.78, 5) is 0. The van der Waals surface area contributed by atoms with Crippen LogP contribution in [0.25, 0.3) is 0 Å². The van der Waals surface area contributed by atoms with Gasteiger partial charge < -0.3 is 0 Å². The summed E-state index contributed by atoms with van der Waals surface area (Å²) in [5, 5.41) is 3.07. The van der Waals surface area contributed by atoms with Crippen molar-refractivity contribution in [2.45, 2.75) is 92.8 Å². The Morgan fingerprint density at radius 1 is 0.474 bits per heavy atom. The van der Waals surface area contributed by atoms with Crippen LogP contribution in [-0.2, 0) is 0 Å². The average molecular weight is 335 g/mol. The van der Waals surface area contributed by atoms with E-state index >= 15 is 0 Å². The Morgan fingerprint density at radius 3 is 1.00 bits per heavy atom. The lowest BCUT2D eigenvalue weighted by molar-refractivity contribution is 0.886. The SMILES string of the molecule is C1CCC(SP(SC2CCCC2)SC2CCCC2)C1. The van der Waals surface area contributed by atoms with Gasteiger partial charge >= 0.3 is 0 Å². The molecule has 0 unspecified atom stereocenters. The lowest BCUT2D eigenvalue weighted by Gasteiger charge is -2.24. The Kier molecular flexibility index (Phi) is 6.64. The van der Waals surface area contributed by atoms with Crippen molar-refractivity contribution in [2.75, 3.05) is 0 Å². The Bertz CT molecular complexity index is 213. The zero-order valence-electron chi connectivity index (χ0n) is 11.9. The molecular weight excluding hydrogens is 307 g/mol. The van der Waals surface area contributed by atoms with E-state index in [-0.39, 0.29) is 5.53 Å². The fourth-order valence-corrected chi connectivity index (χ4v) is 18.4. The number of hydrogen-bond acceptors (Lipinski definition) is 3. The van der Waals surface area contributed by atoms with E-state index in [0.29, 0.717) is 0 Å². The molecule has 0 radical (unpaired) electrons. The van der Waals surface area contributed by atoms with Crippen molar-refractivity contribution in [1.29, 1.82) is 0 Å². The third kappa shape index (κ3) is 5.01. The van der Waals surface area contributed by atoms with E-state index in [1.165, 1.54) is 77.0 Å². The van der Waals surface area contributed by atoms with E-state index in [1.807, 2.05) is 0 Å². The zero-order chi connectivity index (χ0) is 12.9. The molecule has 0 heterocycles. The van der Waals surface area contributed by atoms with Crippen molar-refractivity contribution >= 4 is 39.7 Å². The van der Waals surface area contributed by atoms with Gasteiger partial charge in [0.25, 0.3) is 0 Å². The van der Waals surface area contributed by atoms with Gasteiger partial charge in [-0.3, -0.25) is 0 Å². The maximum absolute atomic E-state index is 2.42. The second kappa shape index (κ2) is 8.20. The Hall–Kier alpha value is 1.48. The molecule has 3 fully saturated rings. The van der Waals surface area contributed by atoms with Gasteiger partial charge in [0.15, 0.2) is 0 Å². The van der Waals surface area contributed by atoms with Crippen molar-refractivity contribution in [2.24, 2.45) is 0 Å². The Morgan fingerprint density at radius 2 is 0.737 bits per heavy atom. The molecule has 0 nitrogen and oxygen atoms in total. The molecule has 0 aliphatic heterocycles. The standard InChI is InChI=1S/C15H27PS3/c1-2-8-13(7-1)17-16(18-14-9-3-4-10-14)19-15-11-5-6-12-15/h13-15H,1-12H2. The maximum atomic E-state index is 2.42.